The molecule has 202 valence electrons. The molecule has 0 saturated carbocycles. The normalized spacial score (nSPS) is 12.8. The first-order valence-corrected chi connectivity index (χ1v) is 13.7. The number of carboxylic acid groups (broad SMARTS) is 1. The molecule has 4 aromatic rings. The SMILES string of the molecule is CC(C)(C)c1ccc(-c2cnc(-c3ccc(C[C@H](CC(=O)c4nnc(C(C)(C)C)s4)C(=O)O)cc3)nc2)cc1. The third-order valence-corrected chi connectivity index (χ3v) is 7.91. The van der Waals surface area contributed by atoms with Gasteiger partial charge in [0.2, 0.25) is 0 Å². The van der Waals surface area contributed by atoms with Gasteiger partial charge in [0.25, 0.3) is 0 Å². The Bertz CT molecular complexity index is 1450. The minimum absolute atomic E-state index is 0.0972. The van der Waals surface area contributed by atoms with Gasteiger partial charge in [-0.1, -0.05) is 101 Å². The minimum atomic E-state index is -1.01. The maximum Gasteiger partial charge on any atom is 0.307 e. The molecule has 2 aromatic heterocycles. The average Bonchev–Trinajstić information content (AvgIpc) is 3.40. The van der Waals surface area contributed by atoms with Crippen LogP contribution in [-0.4, -0.2) is 37.0 Å². The van der Waals surface area contributed by atoms with Gasteiger partial charge in [-0.15, -0.1) is 10.2 Å². The van der Waals surface area contributed by atoms with E-state index in [1.807, 2.05) is 57.4 Å². The first-order valence-electron chi connectivity index (χ1n) is 12.9. The summed E-state index contributed by atoms with van der Waals surface area (Å²) in [5.41, 5.74) is 4.80. The van der Waals surface area contributed by atoms with Crippen LogP contribution in [0.5, 0.6) is 0 Å². The van der Waals surface area contributed by atoms with E-state index < -0.39 is 11.9 Å². The molecule has 1 atom stereocenters. The molecule has 0 spiro atoms. The van der Waals surface area contributed by atoms with E-state index in [-0.39, 0.29) is 34.5 Å². The summed E-state index contributed by atoms with van der Waals surface area (Å²) in [4.78, 5) is 33.8. The summed E-state index contributed by atoms with van der Waals surface area (Å²) >= 11 is 1.23. The highest BCUT2D eigenvalue weighted by atomic mass is 32.1. The van der Waals surface area contributed by atoms with Gasteiger partial charge in [0.15, 0.2) is 16.6 Å². The average molecular weight is 543 g/mol. The number of carbonyl (C=O) groups is 2. The molecule has 4 rings (SSSR count). The highest BCUT2D eigenvalue weighted by Gasteiger charge is 2.27. The summed E-state index contributed by atoms with van der Waals surface area (Å²) in [6, 6.07) is 15.9. The molecule has 0 unspecified atom stereocenters. The quantitative estimate of drug-likeness (QED) is 0.245. The van der Waals surface area contributed by atoms with E-state index in [9.17, 15) is 14.7 Å². The molecule has 0 bridgehead atoms. The van der Waals surface area contributed by atoms with Crippen LogP contribution in [0.2, 0.25) is 0 Å². The largest absolute Gasteiger partial charge is 0.481 e. The fourth-order valence-electron chi connectivity index (χ4n) is 4.06. The highest BCUT2D eigenvalue weighted by Crippen LogP contribution is 2.28. The van der Waals surface area contributed by atoms with Gasteiger partial charge in [-0.3, -0.25) is 9.59 Å². The summed E-state index contributed by atoms with van der Waals surface area (Å²) < 4.78 is 0. The number of Topliss-reactive ketones (excluding diaryl/α,β-unsaturated/α-hetero) is 1. The molecule has 8 heteroatoms. The van der Waals surface area contributed by atoms with Crippen LogP contribution in [0.4, 0.5) is 0 Å². The highest BCUT2D eigenvalue weighted by molar-refractivity contribution is 7.13. The fraction of sp³-hybridized carbons (Fsp3) is 0.355. The first-order chi connectivity index (χ1) is 18.3. The van der Waals surface area contributed by atoms with Gasteiger partial charge in [-0.2, -0.15) is 0 Å². The van der Waals surface area contributed by atoms with Crippen LogP contribution >= 0.6 is 11.3 Å². The van der Waals surface area contributed by atoms with Gasteiger partial charge >= 0.3 is 5.97 Å². The standard InChI is InChI=1S/C31H34N4O3S/c1-30(2,3)24-13-11-20(12-14-24)23-17-32-26(33-18-23)21-9-7-19(8-10-21)15-22(28(37)38)16-25(36)27-34-35-29(39-27)31(4,5)6/h7-14,17-18,22H,15-16H2,1-6H3,(H,37,38)/t22-/m1/s1. The number of hydrogen-bond donors (Lipinski definition) is 1. The van der Waals surface area contributed by atoms with Crippen molar-refractivity contribution in [3.8, 4) is 22.5 Å². The Morgan fingerprint density at radius 3 is 1.90 bits per heavy atom. The monoisotopic (exact) mass is 542 g/mol. The Balaban J connectivity index is 1.42. The molecular formula is C31H34N4O3S. The molecule has 0 fully saturated rings. The Hall–Kier alpha value is -3.78. The van der Waals surface area contributed by atoms with Crippen molar-refractivity contribution in [3.63, 3.8) is 0 Å². The van der Waals surface area contributed by atoms with E-state index >= 15 is 0 Å². The Morgan fingerprint density at radius 1 is 0.795 bits per heavy atom. The Kier molecular flexibility index (Phi) is 8.07. The number of hydrogen-bond acceptors (Lipinski definition) is 7. The Labute approximate surface area is 233 Å². The number of ketones is 1. The smallest absolute Gasteiger partial charge is 0.307 e. The number of carbonyl (C=O) groups excluding carboxylic acids is 1. The van der Waals surface area contributed by atoms with E-state index in [1.54, 1.807) is 0 Å². The van der Waals surface area contributed by atoms with Gasteiger partial charge < -0.3 is 5.11 Å². The Morgan fingerprint density at radius 2 is 1.38 bits per heavy atom. The maximum absolute atomic E-state index is 12.7. The lowest BCUT2D eigenvalue weighted by atomic mass is 9.86. The van der Waals surface area contributed by atoms with Crippen LogP contribution < -0.4 is 0 Å². The van der Waals surface area contributed by atoms with Crippen LogP contribution in [0.3, 0.4) is 0 Å². The van der Waals surface area contributed by atoms with Crippen LogP contribution in [0.15, 0.2) is 60.9 Å². The summed E-state index contributed by atoms with van der Waals surface area (Å²) in [7, 11) is 0. The van der Waals surface area contributed by atoms with Crippen LogP contribution in [0.25, 0.3) is 22.5 Å². The van der Waals surface area contributed by atoms with Crippen molar-refractivity contribution in [1.82, 2.24) is 20.2 Å². The molecule has 0 aliphatic rings. The number of benzene rings is 2. The predicted octanol–water partition coefficient (Wildman–Crippen LogP) is 6.77. The zero-order valence-electron chi connectivity index (χ0n) is 23.2. The van der Waals surface area contributed by atoms with Crippen LogP contribution in [-0.2, 0) is 22.0 Å². The molecule has 1 N–H and O–H groups in total. The van der Waals surface area contributed by atoms with Gasteiger partial charge in [0, 0.05) is 35.4 Å². The maximum atomic E-state index is 12.7. The number of carboxylic acids is 1. The van der Waals surface area contributed by atoms with Crippen molar-refractivity contribution in [1.29, 1.82) is 0 Å². The lowest BCUT2D eigenvalue weighted by Gasteiger charge is -2.19. The number of aliphatic carboxylic acids is 1. The molecule has 2 aromatic carbocycles. The third-order valence-electron chi connectivity index (χ3n) is 6.52. The van der Waals surface area contributed by atoms with Crippen LogP contribution in [0.1, 0.15) is 73.9 Å². The second-order valence-corrected chi connectivity index (χ2v) is 12.8. The molecular weight excluding hydrogens is 508 g/mol. The van der Waals surface area contributed by atoms with Crippen molar-refractivity contribution in [2.24, 2.45) is 5.92 Å². The molecule has 0 saturated heterocycles. The zero-order chi connectivity index (χ0) is 28.4. The third kappa shape index (κ3) is 7.00. The molecule has 0 aliphatic carbocycles. The van der Waals surface area contributed by atoms with Crippen molar-refractivity contribution in [3.05, 3.63) is 82.1 Å². The van der Waals surface area contributed by atoms with E-state index in [1.165, 1.54) is 16.9 Å². The minimum Gasteiger partial charge on any atom is -0.481 e. The van der Waals surface area contributed by atoms with Gasteiger partial charge in [0.1, 0.15) is 5.01 Å². The zero-order valence-corrected chi connectivity index (χ0v) is 24.0. The van der Waals surface area contributed by atoms with Gasteiger partial charge in [-0.25, -0.2) is 9.97 Å². The van der Waals surface area contributed by atoms with Gasteiger partial charge in [0.05, 0.1) is 5.92 Å². The number of aromatic nitrogens is 4. The molecule has 7 nitrogen and oxygen atoms in total. The number of nitrogens with zero attached hydrogens (tertiary/aromatic N) is 4. The lowest BCUT2D eigenvalue weighted by molar-refractivity contribution is -0.141. The molecule has 0 amide bonds. The van der Waals surface area contributed by atoms with E-state index in [2.05, 4.69) is 65.2 Å². The van der Waals surface area contributed by atoms with E-state index in [4.69, 9.17) is 0 Å². The van der Waals surface area contributed by atoms with Crippen LogP contribution in [0, 0.1) is 5.92 Å². The van der Waals surface area contributed by atoms with Crippen molar-refractivity contribution < 1.29 is 14.7 Å². The fourth-order valence-corrected chi connectivity index (χ4v) is 4.91. The number of rotatable bonds is 8. The van der Waals surface area contributed by atoms with E-state index in [0.717, 1.165) is 27.3 Å². The molecule has 0 aliphatic heterocycles. The predicted molar refractivity (Wildman–Crippen MR) is 154 cm³/mol. The molecule has 39 heavy (non-hydrogen) atoms. The summed E-state index contributed by atoms with van der Waals surface area (Å²) in [5, 5.41) is 18.9. The first kappa shape index (κ1) is 28.2. The second-order valence-electron chi connectivity index (χ2n) is 11.8. The van der Waals surface area contributed by atoms with E-state index in [0.29, 0.717) is 5.82 Å². The summed E-state index contributed by atoms with van der Waals surface area (Å²) in [6.07, 6.45) is 3.73. The molecule has 2 heterocycles. The summed E-state index contributed by atoms with van der Waals surface area (Å²) in [5.74, 6) is -1.57. The topological polar surface area (TPSA) is 106 Å². The van der Waals surface area contributed by atoms with Crippen molar-refractivity contribution >= 4 is 23.1 Å². The van der Waals surface area contributed by atoms with Crippen molar-refractivity contribution in [2.45, 2.75) is 65.2 Å². The molecule has 0 radical (unpaired) electrons. The lowest BCUT2D eigenvalue weighted by Crippen LogP contribution is -2.20. The van der Waals surface area contributed by atoms with Crippen molar-refractivity contribution in [2.75, 3.05) is 0 Å². The summed E-state index contributed by atoms with van der Waals surface area (Å²) in [6.45, 7) is 12.6. The second kappa shape index (κ2) is 11.1. The van der Waals surface area contributed by atoms with Gasteiger partial charge in [-0.05, 0) is 28.5 Å².